The highest BCUT2D eigenvalue weighted by Gasteiger charge is 2.23. The smallest absolute Gasteiger partial charge is 0.337 e. The van der Waals surface area contributed by atoms with Crippen LogP contribution in [0.3, 0.4) is 0 Å². The topological polar surface area (TPSA) is 53.4 Å². The monoisotopic (exact) mass is 258 g/mol. The van der Waals surface area contributed by atoms with Crippen molar-refractivity contribution in [1.29, 1.82) is 0 Å². The molecule has 1 aliphatic rings. The number of carboxylic acids is 1. The van der Waals surface area contributed by atoms with Crippen LogP contribution in [0.25, 0.3) is 0 Å². The van der Waals surface area contributed by atoms with Gasteiger partial charge in [-0.15, -0.1) is 0 Å². The van der Waals surface area contributed by atoms with Crippen molar-refractivity contribution in [3.05, 3.63) is 53.5 Å². The first-order chi connectivity index (χ1) is 9.15. The van der Waals surface area contributed by atoms with E-state index in [0.717, 1.165) is 30.0 Å². The highest BCUT2D eigenvalue weighted by atomic mass is 19.1. The van der Waals surface area contributed by atoms with E-state index >= 15 is 0 Å². The molecule has 2 aromatic rings. The number of halogens is 1. The summed E-state index contributed by atoms with van der Waals surface area (Å²) in [6, 6.07) is 7.83. The molecule has 0 atom stereocenters. The standard InChI is InChI=1S/C14H11FN2O2/c15-11-1-3-12(4-2-11)17-6-5-9-7-10(14(18)19)8-16-13(9)17/h1-4,7-8H,5-6H2,(H,18,19). The number of aromatic nitrogens is 1. The van der Waals surface area contributed by atoms with Gasteiger partial charge in [-0.25, -0.2) is 14.2 Å². The van der Waals surface area contributed by atoms with Gasteiger partial charge in [0.1, 0.15) is 11.6 Å². The summed E-state index contributed by atoms with van der Waals surface area (Å²) >= 11 is 0. The number of carboxylic acid groups (broad SMARTS) is 1. The van der Waals surface area contributed by atoms with Gasteiger partial charge >= 0.3 is 5.97 Å². The summed E-state index contributed by atoms with van der Waals surface area (Å²) in [5, 5.41) is 8.93. The summed E-state index contributed by atoms with van der Waals surface area (Å²) < 4.78 is 12.9. The zero-order chi connectivity index (χ0) is 13.4. The van der Waals surface area contributed by atoms with Crippen LogP contribution in [0.1, 0.15) is 15.9 Å². The van der Waals surface area contributed by atoms with Crippen LogP contribution in [0.4, 0.5) is 15.9 Å². The summed E-state index contributed by atoms with van der Waals surface area (Å²) in [5.41, 5.74) is 1.96. The van der Waals surface area contributed by atoms with Crippen molar-refractivity contribution in [2.45, 2.75) is 6.42 Å². The first-order valence-electron chi connectivity index (χ1n) is 5.90. The number of hydrogen-bond donors (Lipinski definition) is 1. The van der Waals surface area contributed by atoms with E-state index in [9.17, 15) is 9.18 Å². The number of benzene rings is 1. The van der Waals surface area contributed by atoms with E-state index in [2.05, 4.69) is 4.98 Å². The molecule has 0 amide bonds. The molecule has 1 aromatic carbocycles. The minimum absolute atomic E-state index is 0.194. The maximum absolute atomic E-state index is 12.9. The number of aromatic carboxylic acids is 1. The lowest BCUT2D eigenvalue weighted by atomic mass is 10.2. The lowest BCUT2D eigenvalue weighted by Gasteiger charge is -2.18. The molecule has 0 fully saturated rings. The molecule has 0 saturated heterocycles. The molecule has 0 unspecified atom stereocenters. The van der Waals surface area contributed by atoms with Crippen molar-refractivity contribution >= 4 is 17.5 Å². The van der Waals surface area contributed by atoms with Gasteiger partial charge in [0.2, 0.25) is 0 Å². The molecule has 96 valence electrons. The van der Waals surface area contributed by atoms with E-state index in [1.807, 2.05) is 4.90 Å². The molecule has 3 rings (SSSR count). The second-order valence-electron chi connectivity index (χ2n) is 4.39. The number of fused-ring (bicyclic) bond motifs is 1. The molecule has 0 radical (unpaired) electrons. The van der Waals surface area contributed by atoms with Crippen molar-refractivity contribution in [1.82, 2.24) is 4.98 Å². The summed E-state index contributed by atoms with van der Waals surface area (Å²) in [7, 11) is 0. The van der Waals surface area contributed by atoms with Gasteiger partial charge in [-0.05, 0) is 42.3 Å². The number of carbonyl (C=O) groups is 1. The third-order valence-corrected chi connectivity index (χ3v) is 3.19. The fourth-order valence-electron chi connectivity index (χ4n) is 2.26. The Bertz CT molecular complexity index is 640. The quantitative estimate of drug-likeness (QED) is 0.899. The van der Waals surface area contributed by atoms with Gasteiger partial charge in [0.25, 0.3) is 0 Å². The van der Waals surface area contributed by atoms with Crippen LogP contribution in [0.5, 0.6) is 0 Å². The lowest BCUT2D eigenvalue weighted by molar-refractivity contribution is 0.0696. The summed E-state index contributed by atoms with van der Waals surface area (Å²) in [6.07, 6.45) is 2.09. The Balaban J connectivity index is 1.98. The van der Waals surface area contributed by atoms with Gasteiger partial charge in [-0.3, -0.25) is 0 Å². The molecule has 1 aliphatic heterocycles. The SMILES string of the molecule is O=C(O)c1cnc2c(c1)CCN2c1ccc(F)cc1. The Kier molecular flexibility index (Phi) is 2.67. The Morgan fingerprint density at radius 2 is 2.05 bits per heavy atom. The Hall–Kier alpha value is -2.43. The molecule has 0 bridgehead atoms. The van der Waals surface area contributed by atoms with Crippen LogP contribution in [-0.4, -0.2) is 22.6 Å². The van der Waals surface area contributed by atoms with Gasteiger partial charge in [0.05, 0.1) is 5.56 Å². The number of hydrogen-bond acceptors (Lipinski definition) is 3. The molecule has 0 saturated carbocycles. The van der Waals surface area contributed by atoms with Gasteiger partial charge in [-0.2, -0.15) is 0 Å². The second kappa shape index (κ2) is 4.35. The van der Waals surface area contributed by atoms with Crippen LogP contribution in [0, 0.1) is 5.82 Å². The van der Waals surface area contributed by atoms with Crippen LogP contribution in [0.2, 0.25) is 0 Å². The minimum atomic E-state index is -0.976. The van der Waals surface area contributed by atoms with Crippen molar-refractivity contribution in [3.63, 3.8) is 0 Å². The van der Waals surface area contributed by atoms with Crippen LogP contribution in [-0.2, 0) is 6.42 Å². The maximum atomic E-state index is 12.9. The van der Waals surface area contributed by atoms with Crippen LogP contribution >= 0.6 is 0 Å². The average molecular weight is 258 g/mol. The Labute approximate surface area is 109 Å². The number of nitrogens with zero attached hydrogens (tertiary/aromatic N) is 2. The summed E-state index contributed by atoms with van der Waals surface area (Å²) in [4.78, 5) is 17.1. The highest BCUT2D eigenvalue weighted by Crippen LogP contribution is 2.32. The molecular formula is C14H11FN2O2. The zero-order valence-electron chi connectivity index (χ0n) is 10.0. The average Bonchev–Trinajstić information content (AvgIpc) is 2.82. The fraction of sp³-hybridized carbons (Fsp3) is 0.143. The molecule has 19 heavy (non-hydrogen) atoms. The zero-order valence-corrected chi connectivity index (χ0v) is 10.0. The normalized spacial score (nSPS) is 13.4. The number of anilines is 2. The molecule has 1 aromatic heterocycles. The fourth-order valence-corrected chi connectivity index (χ4v) is 2.26. The van der Waals surface area contributed by atoms with Crippen molar-refractivity contribution in [2.24, 2.45) is 0 Å². The number of pyridine rings is 1. The molecule has 4 nitrogen and oxygen atoms in total. The van der Waals surface area contributed by atoms with Gasteiger partial charge in [-0.1, -0.05) is 0 Å². The maximum Gasteiger partial charge on any atom is 0.337 e. The first kappa shape index (κ1) is 11.6. The van der Waals surface area contributed by atoms with Gasteiger partial charge < -0.3 is 10.0 Å². The second-order valence-corrected chi connectivity index (χ2v) is 4.39. The van der Waals surface area contributed by atoms with E-state index in [4.69, 9.17) is 5.11 Å². The molecule has 0 aliphatic carbocycles. The number of rotatable bonds is 2. The molecule has 5 heteroatoms. The van der Waals surface area contributed by atoms with Crippen molar-refractivity contribution in [2.75, 3.05) is 11.4 Å². The lowest BCUT2D eigenvalue weighted by Crippen LogP contribution is -2.14. The highest BCUT2D eigenvalue weighted by molar-refractivity contribution is 5.88. The largest absolute Gasteiger partial charge is 0.478 e. The van der Waals surface area contributed by atoms with Gasteiger partial charge in [0.15, 0.2) is 0 Å². The van der Waals surface area contributed by atoms with E-state index in [-0.39, 0.29) is 11.4 Å². The van der Waals surface area contributed by atoms with Crippen molar-refractivity contribution in [3.8, 4) is 0 Å². The molecule has 1 N–H and O–H groups in total. The molecule has 2 heterocycles. The summed E-state index contributed by atoms with van der Waals surface area (Å²) in [5.74, 6) is -0.510. The molecular weight excluding hydrogens is 247 g/mol. The van der Waals surface area contributed by atoms with E-state index < -0.39 is 5.97 Å². The van der Waals surface area contributed by atoms with Crippen LogP contribution in [0.15, 0.2) is 36.5 Å². The van der Waals surface area contributed by atoms with E-state index in [1.54, 1.807) is 18.2 Å². The predicted octanol–water partition coefficient (Wildman–Crippen LogP) is 2.61. The third kappa shape index (κ3) is 2.03. The van der Waals surface area contributed by atoms with Crippen LogP contribution < -0.4 is 4.90 Å². The Morgan fingerprint density at radius 3 is 2.74 bits per heavy atom. The summed E-state index contributed by atoms with van der Waals surface area (Å²) in [6.45, 7) is 0.719. The van der Waals surface area contributed by atoms with E-state index in [0.29, 0.717) is 0 Å². The Morgan fingerprint density at radius 1 is 1.32 bits per heavy atom. The van der Waals surface area contributed by atoms with E-state index in [1.165, 1.54) is 18.3 Å². The van der Waals surface area contributed by atoms with Crippen molar-refractivity contribution < 1.29 is 14.3 Å². The van der Waals surface area contributed by atoms with Gasteiger partial charge in [0, 0.05) is 18.4 Å². The minimum Gasteiger partial charge on any atom is -0.478 e. The third-order valence-electron chi connectivity index (χ3n) is 3.19. The first-order valence-corrected chi connectivity index (χ1v) is 5.90. The molecule has 0 spiro atoms. The predicted molar refractivity (Wildman–Crippen MR) is 68.3 cm³/mol.